The second-order valence-corrected chi connectivity index (χ2v) is 6.38. The summed E-state index contributed by atoms with van der Waals surface area (Å²) >= 11 is 0. The second-order valence-electron chi connectivity index (χ2n) is 6.38. The lowest BCUT2D eigenvalue weighted by molar-refractivity contribution is -0.114. The fraction of sp³-hybridized carbons (Fsp3) is 0.857. The van der Waals surface area contributed by atoms with Crippen LogP contribution in [0.4, 0.5) is 0 Å². The van der Waals surface area contributed by atoms with Crippen LogP contribution in [-0.2, 0) is 4.74 Å². The summed E-state index contributed by atoms with van der Waals surface area (Å²) in [6, 6.07) is 1.01. The van der Waals surface area contributed by atoms with E-state index in [0.29, 0.717) is 30.0 Å². The lowest BCUT2D eigenvalue weighted by Crippen LogP contribution is -2.67. The van der Waals surface area contributed by atoms with Crippen LogP contribution in [0.1, 0.15) is 26.7 Å². The molecular weight excluding hydrogens is 214 g/mol. The average Bonchev–Trinajstić information content (AvgIpc) is 2.93. The second kappa shape index (κ2) is 4.08. The summed E-state index contributed by atoms with van der Waals surface area (Å²) in [6.45, 7) is 5.81. The number of rotatable bonds is 3. The normalized spacial score (nSPS) is 46.9. The molecule has 1 aliphatic heterocycles. The largest absolute Gasteiger partial charge is 0.396 e. The highest BCUT2D eigenvalue weighted by molar-refractivity contribution is 5.15. The van der Waals surface area contributed by atoms with E-state index in [1.54, 1.807) is 0 Å². The standard InChI is InChI=1S/C14H23NO2/c1-14(2)12(11-5-6-17-13(11)14)15-10-4-3-9(7-10)8-16/h3-4,9-13,15-16H,5-8H2,1-2H3/t9-,10+,11-,12+,13+/m0/s1. The lowest BCUT2D eigenvalue weighted by Gasteiger charge is -2.55. The number of hydrogen-bond acceptors (Lipinski definition) is 3. The molecule has 2 N–H and O–H groups in total. The Bertz CT molecular complexity index is 326. The first kappa shape index (κ1) is 11.7. The van der Waals surface area contributed by atoms with Gasteiger partial charge in [-0.05, 0) is 12.8 Å². The zero-order valence-electron chi connectivity index (χ0n) is 10.7. The van der Waals surface area contributed by atoms with E-state index in [1.807, 2.05) is 0 Å². The molecule has 0 aromatic heterocycles. The van der Waals surface area contributed by atoms with E-state index >= 15 is 0 Å². The van der Waals surface area contributed by atoms with E-state index in [1.165, 1.54) is 6.42 Å². The van der Waals surface area contributed by atoms with Gasteiger partial charge in [0.2, 0.25) is 0 Å². The van der Waals surface area contributed by atoms with E-state index in [-0.39, 0.29) is 12.0 Å². The quantitative estimate of drug-likeness (QED) is 0.728. The molecule has 0 radical (unpaired) electrons. The summed E-state index contributed by atoms with van der Waals surface area (Å²) in [6.07, 6.45) is 7.07. The topological polar surface area (TPSA) is 41.5 Å². The van der Waals surface area contributed by atoms with Crippen LogP contribution in [0.2, 0.25) is 0 Å². The zero-order chi connectivity index (χ0) is 12.0. The summed E-state index contributed by atoms with van der Waals surface area (Å²) in [5.74, 6) is 1.05. The third-order valence-electron chi connectivity index (χ3n) is 4.90. The smallest absolute Gasteiger partial charge is 0.0685 e. The Kier molecular flexibility index (Phi) is 2.80. The van der Waals surface area contributed by atoms with Gasteiger partial charge < -0.3 is 15.2 Å². The molecule has 3 heteroatoms. The Hall–Kier alpha value is -0.380. The summed E-state index contributed by atoms with van der Waals surface area (Å²) in [7, 11) is 0. The van der Waals surface area contributed by atoms with E-state index in [9.17, 15) is 0 Å². The molecular formula is C14H23NO2. The van der Waals surface area contributed by atoms with Gasteiger partial charge in [0.05, 0.1) is 6.10 Å². The van der Waals surface area contributed by atoms with Gasteiger partial charge in [-0.2, -0.15) is 0 Å². The molecule has 2 aliphatic carbocycles. The molecule has 0 amide bonds. The minimum absolute atomic E-state index is 0.256. The Morgan fingerprint density at radius 1 is 1.41 bits per heavy atom. The summed E-state index contributed by atoms with van der Waals surface area (Å²) in [4.78, 5) is 0. The minimum atomic E-state index is 0.256. The van der Waals surface area contributed by atoms with Crippen molar-refractivity contribution in [2.75, 3.05) is 13.2 Å². The highest BCUT2D eigenvalue weighted by Crippen LogP contribution is 2.52. The molecule has 1 saturated heterocycles. The molecule has 17 heavy (non-hydrogen) atoms. The van der Waals surface area contributed by atoms with Crippen molar-refractivity contribution in [3.8, 4) is 0 Å². The molecule has 0 aromatic carbocycles. The van der Waals surface area contributed by atoms with Gasteiger partial charge in [-0.25, -0.2) is 0 Å². The Morgan fingerprint density at radius 2 is 2.24 bits per heavy atom. The predicted molar refractivity (Wildman–Crippen MR) is 66.7 cm³/mol. The molecule has 0 bridgehead atoms. The predicted octanol–water partition coefficient (Wildman–Crippen LogP) is 1.33. The van der Waals surface area contributed by atoms with Crippen molar-refractivity contribution >= 4 is 0 Å². The fourth-order valence-corrected chi connectivity index (χ4v) is 3.93. The fourth-order valence-electron chi connectivity index (χ4n) is 3.93. The van der Waals surface area contributed by atoms with Crippen LogP contribution in [0, 0.1) is 17.3 Å². The van der Waals surface area contributed by atoms with Gasteiger partial charge in [0.1, 0.15) is 0 Å². The van der Waals surface area contributed by atoms with Crippen LogP contribution < -0.4 is 5.32 Å². The Labute approximate surface area is 103 Å². The first-order valence-electron chi connectivity index (χ1n) is 6.79. The maximum Gasteiger partial charge on any atom is 0.0685 e. The maximum absolute atomic E-state index is 9.14. The molecule has 0 spiro atoms. The minimum Gasteiger partial charge on any atom is -0.396 e. The van der Waals surface area contributed by atoms with Gasteiger partial charge in [0.15, 0.2) is 0 Å². The van der Waals surface area contributed by atoms with Crippen LogP contribution in [-0.4, -0.2) is 36.5 Å². The van der Waals surface area contributed by atoms with Crippen molar-refractivity contribution in [3.63, 3.8) is 0 Å². The lowest BCUT2D eigenvalue weighted by atomic mass is 9.57. The molecule has 3 aliphatic rings. The SMILES string of the molecule is CC1(C)[C@H](N[C@@H]2C=C[C@H](CO)C2)[C@@H]2CCO[C@H]21. The molecule has 96 valence electrons. The Balaban J connectivity index is 1.61. The van der Waals surface area contributed by atoms with Crippen molar-refractivity contribution < 1.29 is 9.84 Å². The molecule has 0 aromatic rings. The van der Waals surface area contributed by atoms with E-state index in [2.05, 4.69) is 31.3 Å². The van der Waals surface area contributed by atoms with Crippen LogP contribution in [0.15, 0.2) is 12.2 Å². The van der Waals surface area contributed by atoms with Crippen LogP contribution in [0.3, 0.4) is 0 Å². The molecule has 0 unspecified atom stereocenters. The molecule has 3 nitrogen and oxygen atoms in total. The van der Waals surface area contributed by atoms with Crippen molar-refractivity contribution in [1.82, 2.24) is 5.32 Å². The molecule has 5 atom stereocenters. The monoisotopic (exact) mass is 237 g/mol. The van der Waals surface area contributed by atoms with Crippen molar-refractivity contribution in [1.29, 1.82) is 0 Å². The third-order valence-corrected chi connectivity index (χ3v) is 4.90. The van der Waals surface area contributed by atoms with Gasteiger partial charge in [0.25, 0.3) is 0 Å². The Morgan fingerprint density at radius 3 is 2.94 bits per heavy atom. The highest BCUT2D eigenvalue weighted by Gasteiger charge is 2.59. The van der Waals surface area contributed by atoms with Gasteiger partial charge in [0, 0.05) is 42.5 Å². The van der Waals surface area contributed by atoms with Gasteiger partial charge >= 0.3 is 0 Å². The van der Waals surface area contributed by atoms with E-state index < -0.39 is 0 Å². The summed E-state index contributed by atoms with van der Waals surface area (Å²) < 4.78 is 5.81. The van der Waals surface area contributed by atoms with Crippen molar-refractivity contribution in [3.05, 3.63) is 12.2 Å². The maximum atomic E-state index is 9.14. The van der Waals surface area contributed by atoms with Crippen LogP contribution >= 0.6 is 0 Å². The van der Waals surface area contributed by atoms with Gasteiger partial charge in [-0.1, -0.05) is 26.0 Å². The zero-order valence-corrected chi connectivity index (χ0v) is 10.7. The number of hydrogen-bond donors (Lipinski definition) is 2. The first-order chi connectivity index (χ1) is 8.13. The van der Waals surface area contributed by atoms with E-state index in [4.69, 9.17) is 9.84 Å². The first-order valence-corrected chi connectivity index (χ1v) is 6.79. The summed E-state index contributed by atoms with van der Waals surface area (Å²) in [5.41, 5.74) is 0.256. The average molecular weight is 237 g/mol. The number of ether oxygens (including phenoxy) is 1. The van der Waals surface area contributed by atoms with E-state index in [0.717, 1.165) is 13.0 Å². The molecule has 1 saturated carbocycles. The number of aliphatic hydroxyl groups excluding tert-OH is 1. The van der Waals surface area contributed by atoms with Crippen molar-refractivity contribution in [2.24, 2.45) is 17.3 Å². The third kappa shape index (κ3) is 1.76. The van der Waals surface area contributed by atoms with Crippen LogP contribution in [0.5, 0.6) is 0 Å². The number of nitrogens with one attached hydrogen (secondary N) is 1. The highest BCUT2D eigenvalue weighted by atomic mass is 16.5. The van der Waals surface area contributed by atoms with Gasteiger partial charge in [-0.15, -0.1) is 0 Å². The van der Waals surface area contributed by atoms with Crippen molar-refractivity contribution in [2.45, 2.75) is 44.9 Å². The molecule has 3 rings (SSSR count). The molecule has 2 fully saturated rings. The number of fused-ring (bicyclic) bond motifs is 1. The number of aliphatic hydroxyl groups is 1. The molecule has 1 heterocycles. The summed E-state index contributed by atoms with van der Waals surface area (Å²) in [5, 5.41) is 12.9. The van der Waals surface area contributed by atoms with Crippen LogP contribution in [0.25, 0.3) is 0 Å². The van der Waals surface area contributed by atoms with Gasteiger partial charge in [-0.3, -0.25) is 0 Å².